The Morgan fingerprint density at radius 3 is 2.38 bits per heavy atom. The van der Waals surface area contributed by atoms with Crippen LogP contribution < -0.4 is 14.8 Å². The molecule has 0 aliphatic rings. The summed E-state index contributed by atoms with van der Waals surface area (Å²) in [5.74, 6) is -0.136. The third-order valence-corrected chi connectivity index (χ3v) is 3.08. The van der Waals surface area contributed by atoms with Crippen LogP contribution in [-0.4, -0.2) is 18.9 Å². The van der Waals surface area contributed by atoms with Crippen LogP contribution in [0.4, 0.5) is 18.9 Å². The van der Waals surface area contributed by atoms with Crippen molar-refractivity contribution in [1.29, 1.82) is 0 Å². The second-order valence-corrected chi connectivity index (χ2v) is 4.87. The molecule has 0 heterocycles. The molecule has 0 spiro atoms. The molecule has 24 heavy (non-hydrogen) atoms. The molecule has 0 aromatic heterocycles. The number of hydrogen-bond donors (Lipinski definition) is 1. The second kappa shape index (κ2) is 7.72. The van der Waals surface area contributed by atoms with Gasteiger partial charge in [-0.2, -0.15) is 0 Å². The molecular formula is C17H16F3NO3. The number of anilines is 1. The molecule has 0 fully saturated rings. The minimum Gasteiger partial charge on any atom is -0.483 e. The van der Waals surface area contributed by atoms with Crippen LogP contribution in [0.1, 0.15) is 12.5 Å². The molecule has 4 nitrogen and oxygen atoms in total. The van der Waals surface area contributed by atoms with Gasteiger partial charge in [-0.15, -0.1) is 13.2 Å². The Balaban J connectivity index is 1.88. The monoisotopic (exact) mass is 339 g/mol. The van der Waals surface area contributed by atoms with E-state index in [4.69, 9.17) is 4.74 Å². The largest absolute Gasteiger partial charge is 0.573 e. The molecule has 2 rings (SSSR count). The maximum atomic E-state index is 12.1. The fourth-order valence-electron chi connectivity index (χ4n) is 2.02. The Labute approximate surface area is 137 Å². The summed E-state index contributed by atoms with van der Waals surface area (Å²) in [6, 6.07) is 12.3. The zero-order valence-electron chi connectivity index (χ0n) is 12.9. The number of ether oxygens (including phenoxy) is 2. The Bertz CT molecular complexity index is 684. The molecule has 2 aromatic rings. The molecule has 1 N–H and O–H groups in total. The normalized spacial score (nSPS) is 11.0. The lowest BCUT2D eigenvalue weighted by molar-refractivity contribution is -0.274. The predicted octanol–water partition coefficient (Wildman–Crippen LogP) is 4.17. The Hall–Kier alpha value is -2.70. The quantitative estimate of drug-likeness (QED) is 0.859. The van der Waals surface area contributed by atoms with Gasteiger partial charge in [-0.3, -0.25) is 4.79 Å². The summed E-state index contributed by atoms with van der Waals surface area (Å²) in [5, 5.41) is 2.54. The highest BCUT2D eigenvalue weighted by atomic mass is 19.4. The van der Waals surface area contributed by atoms with Gasteiger partial charge in [0.15, 0.2) is 6.61 Å². The maximum Gasteiger partial charge on any atom is 0.573 e. The lowest BCUT2D eigenvalue weighted by atomic mass is 10.1. The molecule has 0 radical (unpaired) electrons. The van der Waals surface area contributed by atoms with E-state index < -0.39 is 12.3 Å². The summed E-state index contributed by atoms with van der Waals surface area (Å²) >= 11 is 0. The number of carbonyl (C=O) groups excluding carboxylic acids is 1. The predicted molar refractivity (Wildman–Crippen MR) is 83.1 cm³/mol. The van der Waals surface area contributed by atoms with Crippen LogP contribution in [0.25, 0.3) is 0 Å². The van der Waals surface area contributed by atoms with Gasteiger partial charge in [-0.05, 0) is 42.3 Å². The lowest BCUT2D eigenvalue weighted by Gasteiger charge is -2.11. The van der Waals surface area contributed by atoms with E-state index in [2.05, 4.69) is 10.1 Å². The van der Waals surface area contributed by atoms with Crippen LogP contribution in [0.2, 0.25) is 0 Å². The summed E-state index contributed by atoms with van der Waals surface area (Å²) in [5.41, 5.74) is 1.33. The van der Waals surface area contributed by atoms with E-state index in [0.29, 0.717) is 11.4 Å². The molecular weight excluding hydrogens is 323 g/mol. The van der Waals surface area contributed by atoms with Gasteiger partial charge in [-0.25, -0.2) is 0 Å². The van der Waals surface area contributed by atoms with Crippen molar-refractivity contribution in [1.82, 2.24) is 0 Å². The van der Waals surface area contributed by atoms with E-state index in [0.717, 1.165) is 24.1 Å². The fraction of sp³-hybridized carbons (Fsp3) is 0.235. The summed E-state index contributed by atoms with van der Waals surface area (Å²) < 4.78 is 45.4. The van der Waals surface area contributed by atoms with Crippen molar-refractivity contribution in [3.63, 3.8) is 0 Å². The average Bonchev–Trinajstić information content (AvgIpc) is 2.53. The Morgan fingerprint density at radius 2 is 1.75 bits per heavy atom. The number of halogens is 3. The van der Waals surface area contributed by atoms with Gasteiger partial charge in [0.1, 0.15) is 11.5 Å². The Kier molecular flexibility index (Phi) is 5.68. The first-order valence-corrected chi connectivity index (χ1v) is 7.24. The van der Waals surface area contributed by atoms with Crippen molar-refractivity contribution in [3.8, 4) is 11.5 Å². The van der Waals surface area contributed by atoms with Crippen molar-refractivity contribution < 1.29 is 27.4 Å². The first-order chi connectivity index (χ1) is 11.4. The molecule has 128 valence electrons. The summed E-state index contributed by atoms with van der Waals surface area (Å²) in [4.78, 5) is 11.9. The standard InChI is InChI=1S/C17H16F3NO3/c1-2-12-5-3-4-6-15(12)23-11-16(22)21-13-7-9-14(10-8-13)24-17(18,19)20/h3-10H,2,11H2,1H3,(H,21,22). The average molecular weight is 339 g/mol. The Morgan fingerprint density at radius 1 is 1.08 bits per heavy atom. The summed E-state index contributed by atoms with van der Waals surface area (Å²) in [6.45, 7) is 1.78. The fourth-order valence-corrected chi connectivity index (χ4v) is 2.02. The number of carbonyl (C=O) groups is 1. The van der Waals surface area contributed by atoms with E-state index >= 15 is 0 Å². The topological polar surface area (TPSA) is 47.6 Å². The van der Waals surface area contributed by atoms with Crippen LogP contribution >= 0.6 is 0 Å². The smallest absolute Gasteiger partial charge is 0.483 e. The molecule has 0 aliphatic heterocycles. The molecule has 1 amide bonds. The van der Waals surface area contributed by atoms with Crippen LogP contribution in [-0.2, 0) is 11.2 Å². The van der Waals surface area contributed by atoms with Crippen LogP contribution in [0.3, 0.4) is 0 Å². The number of aryl methyl sites for hydroxylation is 1. The molecule has 0 saturated heterocycles. The van der Waals surface area contributed by atoms with Gasteiger partial charge in [0.05, 0.1) is 0 Å². The third kappa shape index (κ3) is 5.49. The van der Waals surface area contributed by atoms with Gasteiger partial charge in [0, 0.05) is 5.69 Å². The van der Waals surface area contributed by atoms with E-state index in [-0.39, 0.29) is 12.4 Å². The van der Waals surface area contributed by atoms with Crippen LogP contribution in [0, 0.1) is 0 Å². The number of hydrogen-bond acceptors (Lipinski definition) is 3. The molecule has 0 aliphatic carbocycles. The minimum absolute atomic E-state index is 0.197. The number of alkyl halides is 3. The van der Waals surface area contributed by atoms with Crippen molar-refractivity contribution in [2.24, 2.45) is 0 Å². The van der Waals surface area contributed by atoms with Gasteiger partial charge >= 0.3 is 6.36 Å². The van der Waals surface area contributed by atoms with E-state index in [9.17, 15) is 18.0 Å². The minimum atomic E-state index is -4.74. The molecule has 0 bridgehead atoms. The van der Waals surface area contributed by atoms with Crippen LogP contribution in [0.15, 0.2) is 48.5 Å². The third-order valence-electron chi connectivity index (χ3n) is 3.08. The number of rotatable bonds is 6. The van der Waals surface area contributed by atoms with E-state index in [1.54, 1.807) is 6.07 Å². The maximum absolute atomic E-state index is 12.1. The highest BCUT2D eigenvalue weighted by molar-refractivity contribution is 5.91. The lowest BCUT2D eigenvalue weighted by Crippen LogP contribution is -2.20. The molecule has 7 heteroatoms. The van der Waals surface area contributed by atoms with E-state index in [1.807, 2.05) is 25.1 Å². The van der Waals surface area contributed by atoms with E-state index in [1.165, 1.54) is 12.1 Å². The summed E-state index contributed by atoms with van der Waals surface area (Å²) in [7, 11) is 0. The van der Waals surface area contributed by atoms with Crippen molar-refractivity contribution in [2.75, 3.05) is 11.9 Å². The first-order valence-electron chi connectivity index (χ1n) is 7.24. The van der Waals surface area contributed by atoms with Gasteiger partial charge < -0.3 is 14.8 Å². The van der Waals surface area contributed by atoms with Crippen molar-refractivity contribution in [3.05, 3.63) is 54.1 Å². The highest BCUT2D eigenvalue weighted by Crippen LogP contribution is 2.24. The number of benzene rings is 2. The molecule has 0 atom stereocenters. The molecule has 0 saturated carbocycles. The van der Waals surface area contributed by atoms with Gasteiger partial charge in [0.25, 0.3) is 5.91 Å². The first kappa shape index (κ1) is 17.7. The molecule has 0 unspecified atom stereocenters. The highest BCUT2D eigenvalue weighted by Gasteiger charge is 2.30. The number of amides is 1. The van der Waals surface area contributed by atoms with Gasteiger partial charge in [0.2, 0.25) is 0 Å². The number of nitrogens with one attached hydrogen (secondary N) is 1. The summed E-state index contributed by atoms with van der Waals surface area (Å²) in [6.07, 6.45) is -3.97. The zero-order chi connectivity index (χ0) is 17.6. The van der Waals surface area contributed by atoms with Crippen molar-refractivity contribution >= 4 is 11.6 Å². The van der Waals surface area contributed by atoms with Crippen molar-refractivity contribution in [2.45, 2.75) is 19.7 Å². The zero-order valence-corrected chi connectivity index (χ0v) is 12.9. The van der Waals surface area contributed by atoms with Gasteiger partial charge in [-0.1, -0.05) is 25.1 Å². The second-order valence-electron chi connectivity index (χ2n) is 4.87. The SMILES string of the molecule is CCc1ccccc1OCC(=O)Nc1ccc(OC(F)(F)F)cc1. The van der Waals surface area contributed by atoms with Crippen LogP contribution in [0.5, 0.6) is 11.5 Å². The molecule has 2 aromatic carbocycles. The number of para-hydroxylation sites is 1.